The van der Waals surface area contributed by atoms with Crippen LogP contribution in [0.4, 0.5) is 0 Å². The molecular weight excluding hydrogens is 1420 g/mol. The van der Waals surface area contributed by atoms with Gasteiger partial charge in [-0.2, -0.15) is 4.40 Å². The van der Waals surface area contributed by atoms with Gasteiger partial charge in [-0.3, -0.25) is 6.58 Å². The Kier molecular flexibility index (Phi) is 52.6. The van der Waals surface area contributed by atoms with Crippen molar-refractivity contribution in [1.82, 2.24) is 19.2 Å². The van der Waals surface area contributed by atoms with Crippen LogP contribution in [0.5, 0.6) is 0 Å². The predicted molar refractivity (Wildman–Crippen MR) is 442 cm³/mol. The van der Waals surface area contributed by atoms with Crippen molar-refractivity contribution >= 4 is 112 Å². The van der Waals surface area contributed by atoms with Gasteiger partial charge in [-0.15, -0.1) is 13.2 Å². The number of rotatable bonds is 28. The van der Waals surface area contributed by atoms with Crippen molar-refractivity contribution in [3.63, 3.8) is 0 Å². The van der Waals surface area contributed by atoms with Gasteiger partial charge in [-0.05, 0) is 199 Å². The maximum atomic E-state index is 12.7. The first-order chi connectivity index (χ1) is 40.1. The summed E-state index contributed by atoms with van der Waals surface area (Å²) in [6, 6.07) is -0.474. The van der Waals surface area contributed by atoms with E-state index in [0.29, 0.717) is 19.8 Å². The van der Waals surface area contributed by atoms with Gasteiger partial charge in [0, 0.05) is 19.3 Å². The van der Waals surface area contributed by atoms with Crippen LogP contribution >= 0.6 is 0 Å². The largest absolute Gasteiger partial charge is 2.00 e. The fraction of sp³-hybridized carbons (Fsp3) is 0.900. The number of nitrogens with one attached hydrogen (secondary N) is 2. The summed E-state index contributed by atoms with van der Waals surface area (Å²) in [5.74, 6) is 0. The summed E-state index contributed by atoms with van der Waals surface area (Å²) in [6.45, 7) is 103. The van der Waals surface area contributed by atoms with E-state index in [9.17, 15) is 12.6 Å². The van der Waals surface area contributed by atoms with E-state index in [-0.39, 0.29) is 122 Å². The van der Waals surface area contributed by atoms with Crippen LogP contribution in [-0.2, 0) is 59.5 Å². The van der Waals surface area contributed by atoms with E-state index < -0.39 is 82.9 Å². The van der Waals surface area contributed by atoms with Gasteiger partial charge in [0.1, 0.15) is 17.1 Å². The number of halogens is 1. The third-order valence-electron chi connectivity index (χ3n) is 18.7. The number of nitrogens with zero attached hydrogens (tertiary/aromatic N) is 3. The van der Waals surface area contributed by atoms with E-state index in [1.165, 1.54) is 0 Å². The maximum Gasteiger partial charge on any atom is 2.00 e. The summed E-state index contributed by atoms with van der Waals surface area (Å²) in [5.41, 5.74) is 0. The summed E-state index contributed by atoms with van der Waals surface area (Å²) >= 11 is 0. The van der Waals surface area contributed by atoms with Gasteiger partial charge in [0.25, 0.3) is 0 Å². The third-order valence-corrected chi connectivity index (χ3v) is 50.3. The average molecular weight is 1590 g/mol. The molecule has 0 aliphatic heterocycles. The molecule has 0 aromatic carbocycles. The van der Waals surface area contributed by atoms with Crippen LogP contribution in [0.15, 0.2) is 36.3 Å². The van der Waals surface area contributed by atoms with Gasteiger partial charge in [0.2, 0.25) is 0 Å². The van der Waals surface area contributed by atoms with E-state index in [0.717, 1.165) is 13.1 Å². The van der Waals surface area contributed by atoms with Gasteiger partial charge in [0.05, 0.1) is 80.3 Å². The summed E-state index contributed by atoms with van der Waals surface area (Å²) < 4.78 is 86.9. The Labute approximate surface area is 633 Å². The monoisotopic (exact) mass is 1580 g/mol. The smallest absolute Gasteiger partial charge is 1.00 e. The van der Waals surface area contributed by atoms with Crippen LogP contribution in [0.25, 0.3) is 0 Å². The molecule has 0 aliphatic carbocycles. The molecule has 0 radical (unpaired) electrons. The predicted octanol–water partition coefficient (Wildman–Crippen LogP) is 15.9. The maximum absolute atomic E-state index is 12.7. The zero-order valence-electron chi connectivity index (χ0n) is 69.7. The fourth-order valence-corrected chi connectivity index (χ4v) is 14.7. The normalized spacial score (nSPS) is 16.3. The van der Waals surface area contributed by atoms with Crippen molar-refractivity contribution in [2.45, 2.75) is 348 Å². The molecule has 570 valence electrons. The zero-order chi connectivity index (χ0) is 75.3. The molecule has 0 fully saturated rings. The summed E-state index contributed by atoms with van der Waals surface area (Å²) in [7, 11) is -7.15. The van der Waals surface area contributed by atoms with E-state index in [1.807, 2.05) is 74.5 Å². The van der Waals surface area contributed by atoms with Crippen molar-refractivity contribution in [2.75, 3.05) is 61.1 Å². The molecule has 2 N–H and O–H groups in total. The summed E-state index contributed by atoms with van der Waals surface area (Å²) in [6.07, 6.45) is 4.64. The van der Waals surface area contributed by atoms with Crippen molar-refractivity contribution in [2.24, 2.45) is 4.40 Å². The molecule has 0 amide bonds. The van der Waals surface area contributed by atoms with Gasteiger partial charge in [0.15, 0.2) is 49.9 Å². The van der Waals surface area contributed by atoms with Crippen molar-refractivity contribution in [3.05, 3.63) is 38.5 Å². The number of likely N-dealkylation sites (N-methyl/N-ethyl adjacent to an activating group) is 2. The number of hydrogen-bond acceptors (Lipinski definition) is 11. The van der Waals surface area contributed by atoms with Crippen molar-refractivity contribution in [1.29, 1.82) is 0 Å². The minimum Gasteiger partial charge on any atom is -1.00 e. The third kappa shape index (κ3) is 44.8. The molecule has 0 aromatic heterocycles. The van der Waals surface area contributed by atoms with Crippen LogP contribution in [0.2, 0.25) is 109 Å². The van der Waals surface area contributed by atoms with E-state index >= 15 is 0 Å². The Morgan fingerprint density at radius 3 is 0.832 bits per heavy atom. The molecule has 25 heteroatoms. The SMILES string of the molecule is C.C=C[C@@H](N[S@@](=O)C(C)(C)C)[C@H](CO[Si](C)(C)C(C)(C)C)O[Si](C)(C)C(C)(C)C.C=C[C@H](N[S@@](=O)C(C)(C)C)[C@H](CO[Si](C)(C)C(C)(C)C)O[Si](C)(C)C(C)(C)C.CC(C)(C)[S@](=O)N=C[C@H](CO[Si](C)(C)C(C)(C)C)O[Si](C)(C)C(C)(C)C.CN(C)CCN(C)C.[Br-].[CH-]=C.[Mg+2]. The van der Waals surface area contributed by atoms with Crippen LogP contribution in [0.1, 0.15) is 194 Å². The summed E-state index contributed by atoms with van der Waals surface area (Å²) in [5, 5.41) is 0.646. The van der Waals surface area contributed by atoms with E-state index in [4.69, 9.17) is 26.6 Å². The molecule has 0 heterocycles. The number of hydrogen-bond donors (Lipinski definition) is 2. The minimum absolute atomic E-state index is 0. The molecule has 0 aliphatic rings. The fourth-order valence-electron chi connectivity index (χ4n) is 5.55. The Morgan fingerprint density at radius 1 is 0.421 bits per heavy atom. The van der Waals surface area contributed by atoms with Crippen LogP contribution in [0.3, 0.4) is 0 Å². The topological polar surface area (TPSA) is 149 Å². The van der Waals surface area contributed by atoms with Crippen molar-refractivity contribution < 1.29 is 56.2 Å². The molecule has 0 saturated carbocycles. The molecule has 95 heavy (non-hydrogen) atoms. The van der Waals surface area contributed by atoms with E-state index in [1.54, 1.807) is 6.21 Å². The molecule has 0 saturated heterocycles. The first-order valence-corrected chi connectivity index (χ1v) is 54.2. The second-order valence-electron chi connectivity index (χ2n) is 37.2. The van der Waals surface area contributed by atoms with Crippen LogP contribution in [-0.4, -0.2) is 207 Å². The molecule has 0 spiro atoms. The minimum atomic E-state index is -2.04. The van der Waals surface area contributed by atoms with Crippen molar-refractivity contribution in [3.8, 4) is 0 Å². The standard InChI is InChI=1S/2C21H47NO3SSi2.C19H43NO3SSi2.C6H16N2.C2H3.CH4.BrH.Mg/c2*1-15-17(22-26(23)19(2,3)4)18(25-28(13,14)21(8,9)10)16-24-27(11,12)20(5,6)7;1-17(2,3)24(21)20-14-16(23-26(12,13)19(7,8)9)15-22-25(10,11)18(4,5)6;1-7(2)5-6-8(3)4;1-2;;;/h2*15,17-18,22H,1,16H2,2-14H3;14,16H,15H2,1-13H3;5-6H2,1-4H3;1H,2H2;1H4;1H;/q;;;;-1;;;+2/p-1/t17-,18+,26+;17-,18-,26-;16-,24+;;;;;/m101...../s1. The van der Waals surface area contributed by atoms with E-state index in [2.05, 4.69) is 281 Å². The second kappa shape index (κ2) is 44.5. The Hall–Kier alpha value is 1.49. The quantitative estimate of drug-likeness (QED) is 0.0334. The second-order valence-corrected chi connectivity index (χ2v) is 71.8. The van der Waals surface area contributed by atoms with Crippen LogP contribution in [0, 0.1) is 6.58 Å². The molecule has 0 unspecified atom stereocenters. The molecule has 14 nitrogen and oxygen atoms in total. The average Bonchev–Trinajstić information content (AvgIpc) is 0.830. The first kappa shape index (κ1) is 112. The molecular formula is C70H160BrMgN5O9S3Si6. The Balaban J connectivity index is -0.000000183. The zero-order valence-corrected chi connectivity index (χ0v) is 81.1. The first-order valence-electron chi connectivity index (χ1n) is 33.4. The summed E-state index contributed by atoms with van der Waals surface area (Å²) in [4.78, 5) is 4.36. The molecule has 0 aromatic rings. The molecule has 0 bridgehead atoms. The Morgan fingerprint density at radius 2 is 0.642 bits per heavy atom. The van der Waals surface area contributed by atoms with Gasteiger partial charge in [-0.25, -0.2) is 22.1 Å². The Bertz CT molecular complexity index is 2130. The van der Waals surface area contributed by atoms with Gasteiger partial charge in [-0.1, -0.05) is 144 Å². The van der Waals surface area contributed by atoms with Crippen LogP contribution < -0.4 is 26.4 Å². The molecule has 8 atom stereocenters. The van der Waals surface area contributed by atoms with Gasteiger partial charge >= 0.3 is 23.1 Å². The van der Waals surface area contributed by atoms with Gasteiger partial charge < -0.3 is 59.9 Å². The molecule has 0 rings (SSSR count).